The lowest BCUT2D eigenvalue weighted by molar-refractivity contribution is -0.134. The van der Waals surface area contributed by atoms with E-state index in [0.717, 1.165) is 12.8 Å². The second-order valence-corrected chi connectivity index (χ2v) is 3.58. The molecule has 2 aliphatic rings. The van der Waals surface area contributed by atoms with Crippen molar-refractivity contribution in [3.05, 3.63) is 0 Å². The molecule has 3 nitrogen and oxygen atoms in total. The Morgan fingerprint density at radius 3 is 3.00 bits per heavy atom. The predicted octanol–water partition coefficient (Wildman–Crippen LogP) is -0.217. The van der Waals surface area contributed by atoms with Crippen molar-refractivity contribution in [2.45, 2.75) is 37.5 Å². The number of carbonyl (C=O) groups is 1. The van der Waals surface area contributed by atoms with Crippen molar-refractivity contribution in [1.29, 1.82) is 0 Å². The Hall–Kier alpha value is -0.410. The number of likely N-dealkylation sites (N-methyl/N-ethyl adjacent to an activating group) is 1. The molecule has 0 aromatic carbocycles. The first-order chi connectivity index (χ1) is 5.20. The molecule has 2 heterocycles. The molecule has 0 aliphatic carbocycles. The van der Waals surface area contributed by atoms with Gasteiger partial charge in [0, 0.05) is 18.5 Å². The first kappa shape index (κ1) is 7.25. The van der Waals surface area contributed by atoms with Gasteiger partial charge in [0.15, 0.2) is 5.78 Å². The maximum Gasteiger partial charge on any atom is 0.164 e. The van der Waals surface area contributed by atoms with Crippen molar-refractivity contribution in [2.24, 2.45) is 0 Å². The number of aliphatic hydroxyl groups is 1. The van der Waals surface area contributed by atoms with Crippen LogP contribution in [0.25, 0.3) is 0 Å². The van der Waals surface area contributed by atoms with E-state index in [4.69, 9.17) is 0 Å². The van der Waals surface area contributed by atoms with E-state index < -0.39 is 6.10 Å². The van der Waals surface area contributed by atoms with Crippen LogP contribution in [-0.2, 0) is 4.79 Å². The highest BCUT2D eigenvalue weighted by molar-refractivity contribution is 5.85. The summed E-state index contributed by atoms with van der Waals surface area (Å²) in [6, 6.07) is 0.525. The number of carbonyl (C=O) groups excluding carboxylic acids is 1. The van der Waals surface area contributed by atoms with E-state index in [0.29, 0.717) is 12.5 Å². The molecule has 11 heavy (non-hydrogen) atoms. The number of piperidine rings is 1. The standard InChI is InChI=1S/C8H13NO2/c1-9-5-2-3-6(9)8(11)7(10)4-5/h5-6,8,11H,2-4H2,1H3. The van der Waals surface area contributed by atoms with E-state index in [9.17, 15) is 9.90 Å². The van der Waals surface area contributed by atoms with E-state index in [2.05, 4.69) is 4.90 Å². The highest BCUT2D eigenvalue weighted by Gasteiger charge is 2.43. The lowest BCUT2D eigenvalue weighted by Gasteiger charge is -2.33. The second kappa shape index (κ2) is 2.29. The van der Waals surface area contributed by atoms with E-state index in [1.54, 1.807) is 0 Å². The highest BCUT2D eigenvalue weighted by atomic mass is 16.3. The van der Waals surface area contributed by atoms with Crippen LogP contribution in [0.1, 0.15) is 19.3 Å². The largest absolute Gasteiger partial charge is 0.384 e. The fourth-order valence-electron chi connectivity index (χ4n) is 2.24. The van der Waals surface area contributed by atoms with Crippen LogP contribution in [0, 0.1) is 0 Å². The first-order valence-corrected chi connectivity index (χ1v) is 4.13. The third-order valence-electron chi connectivity index (χ3n) is 3.03. The van der Waals surface area contributed by atoms with Crippen LogP contribution in [0.15, 0.2) is 0 Å². The minimum atomic E-state index is -0.709. The monoisotopic (exact) mass is 155 g/mol. The minimum Gasteiger partial charge on any atom is -0.384 e. The SMILES string of the molecule is CN1C2CCC1C(O)C(=O)C2. The summed E-state index contributed by atoms with van der Waals surface area (Å²) in [6.07, 6.45) is 1.89. The van der Waals surface area contributed by atoms with Gasteiger partial charge in [-0.15, -0.1) is 0 Å². The molecule has 0 aromatic rings. The fraction of sp³-hybridized carbons (Fsp3) is 0.875. The highest BCUT2D eigenvalue weighted by Crippen LogP contribution is 2.32. The summed E-state index contributed by atoms with van der Waals surface area (Å²) >= 11 is 0. The average molecular weight is 155 g/mol. The van der Waals surface area contributed by atoms with Crippen molar-refractivity contribution in [1.82, 2.24) is 4.90 Å². The Bertz CT molecular complexity index is 193. The maximum absolute atomic E-state index is 11.1. The van der Waals surface area contributed by atoms with Gasteiger partial charge < -0.3 is 5.11 Å². The minimum absolute atomic E-state index is 0.0376. The third-order valence-corrected chi connectivity index (χ3v) is 3.03. The first-order valence-electron chi connectivity index (χ1n) is 4.13. The van der Waals surface area contributed by atoms with Gasteiger partial charge >= 0.3 is 0 Å². The summed E-state index contributed by atoms with van der Waals surface area (Å²) in [5.74, 6) is 0.0376. The van der Waals surface area contributed by atoms with Gasteiger partial charge in [-0.3, -0.25) is 9.69 Å². The van der Waals surface area contributed by atoms with Crippen molar-refractivity contribution in [2.75, 3.05) is 7.05 Å². The van der Waals surface area contributed by atoms with Crippen LogP contribution in [-0.4, -0.2) is 41.0 Å². The molecular formula is C8H13NO2. The van der Waals surface area contributed by atoms with E-state index >= 15 is 0 Å². The number of hydrogen-bond donors (Lipinski definition) is 1. The molecule has 2 aliphatic heterocycles. The number of aliphatic hydroxyl groups excluding tert-OH is 1. The lowest BCUT2D eigenvalue weighted by Crippen LogP contribution is -2.50. The molecule has 2 fully saturated rings. The molecule has 0 aromatic heterocycles. The molecule has 0 spiro atoms. The Morgan fingerprint density at radius 1 is 1.55 bits per heavy atom. The molecule has 0 amide bonds. The summed E-state index contributed by atoms with van der Waals surface area (Å²) in [4.78, 5) is 13.3. The summed E-state index contributed by atoms with van der Waals surface area (Å²) < 4.78 is 0. The molecule has 0 radical (unpaired) electrons. The van der Waals surface area contributed by atoms with E-state index in [1.807, 2.05) is 7.05 Å². The van der Waals surface area contributed by atoms with Gasteiger partial charge in [0.1, 0.15) is 6.10 Å². The average Bonchev–Trinajstić information content (AvgIpc) is 2.23. The molecule has 62 valence electrons. The molecule has 3 heteroatoms. The molecule has 2 bridgehead atoms. The molecule has 3 unspecified atom stereocenters. The molecular weight excluding hydrogens is 142 g/mol. The summed E-state index contributed by atoms with van der Waals surface area (Å²) in [7, 11) is 2.00. The van der Waals surface area contributed by atoms with Gasteiger partial charge in [0.05, 0.1) is 0 Å². The Kier molecular flexibility index (Phi) is 1.51. The third kappa shape index (κ3) is 0.914. The molecule has 3 atom stereocenters. The van der Waals surface area contributed by atoms with E-state index in [-0.39, 0.29) is 11.8 Å². The Balaban J connectivity index is 2.22. The quantitative estimate of drug-likeness (QED) is 0.526. The van der Waals surface area contributed by atoms with Crippen molar-refractivity contribution >= 4 is 5.78 Å². The van der Waals surface area contributed by atoms with Crippen molar-refractivity contribution in [3.8, 4) is 0 Å². The second-order valence-electron chi connectivity index (χ2n) is 3.58. The number of Topliss-reactive ketones (excluding diaryl/α,β-unsaturated/α-hetero) is 1. The van der Waals surface area contributed by atoms with Gasteiger partial charge in [-0.1, -0.05) is 0 Å². The molecule has 2 rings (SSSR count). The number of rotatable bonds is 0. The van der Waals surface area contributed by atoms with Gasteiger partial charge in [-0.25, -0.2) is 0 Å². The van der Waals surface area contributed by atoms with E-state index in [1.165, 1.54) is 0 Å². The van der Waals surface area contributed by atoms with Crippen LogP contribution in [0.2, 0.25) is 0 Å². The normalized spacial score (nSPS) is 44.9. The molecule has 1 N–H and O–H groups in total. The summed E-state index contributed by atoms with van der Waals surface area (Å²) in [5.41, 5.74) is 0. The van der Waals surface area contributed by atoms with Crippen LogP contribution >= 0.6 is 0 Å². The molecule has 0 saturated carbocycles. The Labute approximate surface area is 66.0 Å². The van der Waals surface area contributed by atoms with Crippen LogP contribution in [0.5, 0.6) is 0 Å². The van der Waals surface area contributed by atoms with Crippen LogP contribution in [0.3, 0.4) is 0 Å². The number of nitrogens with zero attached hydrogens (tertiary/aromatic N) is 1. The summed E-state index contributed by atoms with van der Waals surface area (Å²) in [6.45, 7) is 0. The lowest BCUT2D eigenvalue weighted by atomic mass is 9.99. The van der Waals surface area contributed by atoms with Gasteiger partial charge in [0.2, 0.25) is 0 Å². The van der Waals surface area contributed by atoms with Crippen molar-refractivity contribution < 1.29 is 9.90 Å². The number of hydrogen-bond acceptors (Lipinski definition) is 3. The van der Waals surface area contributed by atoms with Gasteiger partial charge in [-0.2, -0.15) is 0 Å². The van der Waals surface area contributed by atoms with Crippen LogP contribution < -0.4 is 0 Å². The summed E-state index contributed by atoms with van der Waals surface area (Å²) in [5, 5.41) is 9.44. The topological polar surface area (TPSA) is 40.5 Å². The predicted molar refractivity (Wildman–Crippen MR) is 40.2 cm³/mol. The maximum atomic E-state index is 11.1. The van der Waals surface area contributed by atoms with Crippen LogP contribution in [0.4, 0.5) is 0 Å². The zero-order valence-electron chi connectivity index (χ0n) is 6.66. The fourth-order valence-corrected chi connectivity index (χ4v) is 2.24. The smallest absolute Gasteiger partial charge is 0.164 e. The zero-order chi connectivity index (χ0) is 8.01. The Morgan fingerprint density at radius 2 is 2.27 bits per heavy atom. The zero-order valence-corrected chi connectivity index (χ0v) is 6.66. The number of ketones is 1. The van der Waals surface area contributed by atoms with Gasteiger partial charge in [0.25, 0.3) is 0 Å². The van der Waals surface area contributed by atoms with Crippen molar-refractivity contribution in [3.63, 3.8) is 0 Å². The molecule has 2 saturated heterocycles. The van der Waals surface area contributed by atoms with Gasteiger partial charge in [-0.05, 0) is 19.9 Å². The number of fused-ring (bicyclic) bond motifs is 2.